The van der Waals surface area contributed by atoms with Crippen molar-refractivity contribution in [3.63, 3.8) is 0 Å². The number of benzene rings is 2. The zero-order valence-corrected chi connectivity index (χ0v) is 15.3. The summed E-state index contributed by atoms with van der Waals surface area (Å²) in [5.41, 5.74) is 3.33. The summed E-state index contributed by atoms with van der Waals surface area (Å²) in [4.78, 5) is 24.3. The van der Waals surface area contributed by atoms with Gasteiger partial charge < -0.3 is 10.6 Å². The van der Waals surface area contributed by atoms with Gasteiger partial charge in [0.1, 0.15) is 5.01 Å². The van der Waals surface area contributed by atoms with E-state index in [-0.39, 0.29) is 11.8 Å². The molecule has 1 heterocycles. The maximum Gasteiger partial charge on any atom is 0.286 e. The lowest BCUT2D eigenvalue weighted by Gasteiger charge is -2.07. The third-order valence-electron chi connectivity index (χ3n) is 3.66. The number of nitrogens with one attached hydrogen (secondary N) is 2. The fraction of sp³-hybridized carbons (Fsp3) is 0.158. The van der Waals surface area contributed by atoms with Gasteiger partial charge in [-0.3, -0.25) is 9.59 Å². The minimum Gasteiger partial charge on any atom is -0.348 e. The van der Waals surface area contributed by atoms with E-state index in [1.165, 1.54) is 11.3 Å². The zero-order valence-electron chi connectivity index (χ0n) is 14.4. The van der Waals surface area contributed by atoms with Crippen molar-refractivity contribution in [1.82, 2.24) is 15.5 Å². The number of aromatic nitrogens is 2. The number of rotatable bonds is 5. The van der Waals surface area contributed by atoms with Crippen LogP contribution in [0, 0.1) is 13.8 Å². The van der Waals surface area contributed by atoms with Crippen molar-refractivity contribution in [3.05, 3.63) is 75.2 Å². The van der Waals surface area contributed by atoms with Gasteiger partial charge in [0.15, 0.2) is 0 Å². The smallest absolute Gasteiger partial charge is 0.286 e. The van der Waals surface area contributed by atoms with Crippen molar-refractivity contribution in [2.24, 2.45) is 0 Å². The Morgan fingerprint density at radius 3 is 2.42 bits per heavy atom. The highest BCUT2D eigenvalue weighted by Crippen LogP contribution is 2.14. The molecule has 7 heteroatoms. The van der Waals surface area contributed by atoms with Gasteiger partial charge in [0.25, 0.3) is 11.8 Å². The van der Waals surface area contributed by atoms with E-state index >= 15 is 0 Å². The summed E-state index contributed by atoms with van der Waals surface area (Å²) < 4.78 is 0. The van der Waals surface area contributed by atoms with Crippen LogP contribution in [0.3, 0.4) is 0 Å². The lowest BCUT2D eigenvalue weighted by atomic mass is 10.1. The van der Waals surface area contributed by atoms with Crippen LogP contribution in [0.1, 0.15) is 36.3 Å². The number of nitrogens with zero attached hydrogens (tertiary/aromatic N) is 2. The van der Waals surface area contributed by atoms with Gasteiger partial charge in [-0.1, -0.05) is 41.2 Å². The van der Waals surface area contributed by atoms with Gasteiger partial charge in [0.2, 0.25) is 5.01 Å². The second-order valence-electron chi connectivity index (χ2n) is 5.83. The van der Waals surface area contributed by atoms with Crippen LogP contribution < -0.4 is 10.6 Å². The van der Waals surface area contributed by atoms with Gasteiger partial charge >= 0.3 is 0 Å². The van der Waals surface area contributed by atoms with Crippen molar-refractivity contribution in [1.29, 1.82) is 0 Å². The van der Waals surface area contributed by atoms with E-state index in [4.69, 9.17) is 0 Å². The predicted octanol–water partition coefficient (Wildman–Crippen LogP) is 3.34. The molecule has 2 amide bonds. The van der Waals surface area contributed by atoms with Crippen molar-refractivity contribution in [2.75, 3.05) is 5.32 Å². The Bertz CT molecular complexity index is 935. The summed E-state index contributed by atoms with van der Waals surface area (Å²) in [6.07, 6.45) is 0. The lowest BCUT2D eigenvalue weighted by Crippen LogP contribution is -2.22. The van der Waals surface area contributed by atoms with Crippen LogP contribution in [0.25, 0.3) is 0 Å². The average Bonchev–Trinajstić information content (AvgIpc) is 3.07. The fourth-order valence-electron chi connectivity index (χ4n) is 2.38. The second-order valence-corrected chi connectivity index (χ2v) is 7.01. The summed E-state index contributed by atoms with van der Waals surface area (Å²) in [5.74, 6) is -0.476. The van der Waals surface area contributed by atoms with E-state index in [9.17, 15) is 9.59 Å². The highest BCUT2D eigenvalue weighted by Gasteiger charge is 2.12. The molecule has 0 aliphatic carbocycles. The zero-order chi connectivity index (χ0) is 18.5. The van der Waals surface area contributed by atoms with Crippen LogP contribution in [0.5, 0.6) is 0 Å². The molecule has 0 spiro atoms. The Morgan fingerprint density at radius 2 is 1.77 bits per heavy atom. The first kappa shape index (κ1) is 17.8. The van der Waals surface area contributed by atoms with Crippen LogP contribution in [-0.2, 0) is 6.54 Å². The Kier molecular flexibility index (Phi) is 5.38. The normalized spacial score (nSPS) is 10.4. The van der Waals surface area contributed by atoms with Gasteiger partial charge in [-0.15, -0.1) is 10.2 Å². The number of hydrogen-bond donors (Lipinski definition) is 2. The van der Waals surface area contributed by atoms with E-state index < -0.39 is 0 Å². The molecule has 2 aromatic carbocycles. The molecule has 3 rings (SSSR count). The minimum atomic E-state index is -0.313. The third-order valence-corrected chi connectivity index (χ3v) is 4.50. The van der Waals surface area contributed by atoms with Crippen LogP contribution in [0.15, 0.2) is 48.5 Å². The van der Waals surface area contributed by atoms with E-state index in [1.807, 2.05) is 31.2 Å². The largest absolute Gasteiger partial charge is 0.348 e. The Balaban J connectivity index is 1.58. The lowest BCUT2D eigenvalue weighted by molar-refractivity contribution is 0.0950. The van der Waals surface area contributed by atoms with Gasteiger partial charge in [0.05, 0.1) is 0 Å². The number of anilines is 1. The van der Waals surface area contributed by atoms with Crippen LogP contribution in [-0.4, -0.2) is 22.0 Å². The third kappa shape index (κ3) is 4.52. The topological polar surface area (TPSA) is 84.0 Å². The summed E-state index contributed by atoms with van der Waals surface area (Å²) in [6.45, 7) is 4.27. The summed E-state index contributed by atoms with van der Waals surface area (Å²) in [5, 5.41) is 14.3. The van der Waals surface area contributed by atoms with Crippen molar-refractivity contribution in [2.45, 2.75) is 20.4 Å². The molecular formula is C19H18N4O2S. The number of carbonyl (C=O) groups is 2. The van der Waals surface area contributed by atoms with E-state index in [0.29, 0.717) is 22.8 Å². The van der Waals surface area contributed by atoms with Crippen molar-refractivity contribution >= 4 is 28.8 Å². The molecule has 0 aliphatic rings. The molecule has 2 N–H and O–H groups in total. The predicted molar refractivity (Wildman–Crippen MR) is 101 cm³/mol. The maximum absolute atomic E-state index is 12.2. The standard InChI is InChI=1S/C19H18N4O2S/c1-12-4-3-5-14(10-12)11-20-17(24)15-6-8-16(9-7-15)21-18(25)19-23-22-13(2)26-19/h3-10H,11H2,1-2H3,(H,20,24)(H,21,25). The SMILES string of the molecule is Cc1cccc(CNC(=O)c2ccc(NC(=O)c3nnc(C)s3)cc2)c1. The molecule has 132 valence electrons. The first-order valence-corrected chi connectivity index (χ1v) is 8.88. The highest BCUT2D eigenvalue weighted by molar-refractivity contribution is 7.13. The van der Waals surface area contributed by atoms with E-state index in [1.54, 1.807) is 31.2 Å². The molecule has 0 unspecified atom stereocenters. The van der Waals surface area contributed by atoms with E-state index in [0.717, 1.165) is 16.1 Å². The molecule has 6 nitrogen and oxygen atoms in total. The number of carbonyl (C=O) groups excluding carboxylic acids is 2. The molecule has 0 bridgehead atoms. The van der Waals surface area contributed by atoms with E-state index in [2.05, 4.69) is 20.8 Å². The fourth-order valence-corrected chi connectivity index (χ4v) is 2.97. The van der Waals surface area contributed by atoms with Gasteiger partial charge in [-0.05, 0) is 43.7 Å². The minimum absolute atomic E-state index is 0.163. The summed E-state index contributed by atoms with van der Waals surface area (Å²) >= 11 is 1.23. The molecule has 0 aliphatic heterocycles. The molecule has 0 saturated heterocycles. The van der Waals surface area contributed by atoms with Gasteiger partial charge in [0, 0.05) is 17.8 Å². The Labute approximate surface area is 155 Å². The van der Waals surface area contributed by atoms with Gasteiger partial charge in [-0.25, -0.2) is 0 Å². The maximum atomic E-state index is 12.2. The number of aryl methyl sites for hydroxylation is 2. The average molecular weight is 366 g/mol. The Morgan fingerprint density at radius 1 is 1.00 bits per heavy atom. The second kappa shape index (κ2) is 7.88. The summed E-state index contributed by atoms with van der Waals surface area (Å²) in [6, 6.07) is 14.7. The molecule has 3 aromatic rings. The molecule has 1 aromatic heterocycles. The van der Waals surface area contributed by atoms with Gasteiger partial charge in [-0.2, -0.15) is 0 Å². The van der Waals surface area contributed by atoms with Crippen molar-refractivity contribution < 1.29 is 9.59 Å². The van der Waals surface area contributed by atoms with Crippen LogP contribution >= 0.6 is 11.3 Å². The first-order valence-electron chi connectivity index (χ1n) is 8.06. The number of hydrogen-bond acceptors (Lipinski definition) is 5. The van der Waals surface area contributed by atoms with Crippen LogP contribution in [0.2, 0.25) is 0 Å². The monoisotopic (exact) mass is 366 g/mol. The molecule has 0 atom stereocenters. The first-order chi connectivity index (χ1) is 12.5. The number of amides is 2. The molecule has 0 saturated carbocycles. The molecule has 0 fully saturated rings. The molecule has 0 radical (unpaired) electrons. The summed E-state index contributed by atoms with van der Waals surface area (Å²) in [7, 11) is 0. The Hall–Kier alpha value is -3.06. The molecule has 26 heavy (non-hydrogen) atoms. The highest BCUT2D eigenvalue weighted by atomic mass is 32.1. The molecular weight excluding hydrogens is 348 g/mol. The van der Waals surface area contributed by atoms with Crippen molar-refractivity contribution in [3.8, 4) is 0 Å². The van der Waals surface area contributed by atoms with Crippen LogP contribution in [0.4, 0.5) is 5.69 Å². The quantitative estimate of drug-likeness (QED) is 0.725.